The Balaban J connectivity index is 2.12. The molecular weight excluding hydrogens is 313 g/mol. The Kier molecular flexibility index (Phi) is 4.87. The molecule has 0 saturated carbocycles. The number of aliphatic hydroxyl groups excluding tert-OH is 1. The molecule has 0 aliphatic heterocycles. The summed E-state index contributed by atoms with van der Waals surface area (Å²) in [6.07, 6.45) is -6.30. The number of rotatable bonds is 3. The van der Waals surface area contributed by atoms with Crippen LogP contribution in [0.2, 0.25) is 0 Å². The maximum atomic E-state index is 12.6. The lowest BCUT2D eigenvalue weighted by Gasteiger charge is -2.13. The molecule has 8 heteroatoms. The first kappa shape index (κ1) is 16.8. The highest BCUT2D eigenvalue weighted by molar-refractivity contribution is 6.00. The number of hydrogen-bond donors (Lipinski definition) is 4. The summed E-state index contributed by atoms with van der Waals surface area (Å²) in [7, 11) is 0. The molecule has 0 heterocycles. The highest BCUT2D eigenvalue weighted by Gasteiger charge is 2.30. The summed E-state index contributed by atoms with van der Waals surface area (Å²) < 4.78 is 37.8. The zero-order chi connectivity index (χ0) is 17.0. The van der Waals surface area contributed by atoms with Crippen LogP contribution in [0.4, 0.5) is 29.3 Å². The Bertz CT molecular complexity index is 702. The number of para-hydroxylation sites is 1. The van der Waals surface area contributed by atoms with E-state index in [1.54, 1.807) is 12.1 Å². The molecule has 0 atom stereocenters. The largest absolute Gasteiger partial charge is 0.416 e. The van der Waals surface area contributed by atoms with Crippen molar-refractivity contribution in [1.29, 1.82) is 0 Å². The third-order valence-corrected chi connectivity index (χ3v) is 2.93. The number of alkyl halides is 3. The molecule has 0 aliphatic rings. The number of carbonyl (C=O) groups is 1. The molecule has 4 N–H and O–H groups in total. The average Bonchev–Trinajstić information content (AvgIpc) is 2.46. The van der Waals surface area contributed by atoms with Gasteiger partial charge in [-0.05, 0) is 24.3 Å². The summed E-state index contributed by atoms with van der Waals surface area (Å²) in [4.78, 5) is 11.9. The molecular formula is C15H13F3N2O3. The van der Waals surface area contributed by atoms with E-state index in [4.69, 9.17) is 0 Å². The minimum absolute atomic E-state index is 0.0423. The van der Waals surface area contributed by atoms with Gasteiger partial charge in [-0.25, -0.2) is 4.79 Å². The van der Waals surface area contributed by atoms with Crippen LogP contribution in [-0.4, -0.2) is 16.2 Å². The third-order valence-electron chi connectivity index (χ3n) is 2.93. The van der Waals surface area contributed by atoms with Crippen molar-refractivity contribution in [3.05, 3.63) is 59.7 Å². The topological polar surface area (TPSA) is 81.6 Å². The van der Waals surface area contributed by atoms with Crippen molar-refractivity contribution in [2.45, 2.75) is 12.5 Å². The fourth-order valence-electron chi connectivity index (χ4n) is 1.89. The van der Waals surface area contributed by atoms with Crippen LogP contribution in [0.15, 0.2) is 48.5 Å². The molecule has 0 radical (unpaired) electrons. The van der Waals surface area contributed by atoms with Crippen molar-refractivity contribution in [3.63, 3.8) is 0 Å². The van der Waals surface area contributed by atoms with Crippen molar-refractivity contribution < 1.29 is 28.2 Å². The lowest BCUT2D eigenvalue weighted by molar-refractivity contribution is -0.137. The molecule has 0 aliphatic carbocycles. The van der Waals surface area contributed by atoms with Gasteiger partial charge in [-0.1, -0.05) is 24.3 Å². The van der Waals surface area contributed by atoms with Gasteiger partial charge in [0, 0.05) is 11.3 Å². The Morgan fingerprint density at radius 3 is 2.35 bits per heavy atom. The first-order valence-electron chi connectivity index (χ1n) is 6.47. The first-order valence-corrected chi connectivity index (χ1v) is 6.47. The smallest absolute Gasteiger partial charge is 0.364 e. The molecule has 2 amide bonds. The summed E-state index contributed by atoms with van der Waals surface area (Å²) in [6.45, 7) is 0. The SMILES string of the molecule is O=C(Nc1cccc(C(F)(F)F)c1)Nc1ccccc1C(O)O. The van der Waals surface area contributed by atoms with Crippen LogP contribution in [0.1, 0.15) is 17.4 Å². The summed E-state index contributed by atoms with van der Waals surface area (Å²) in [5, 5.41) is 23.0. The maximum Gasteiger partial charge on any atom is 0.416 e. The average molecular weight is 326 g/mol. The van der Waals surface area contributed by atoms with E-state index in [0.29, 0.717) is 0 Å². The molecule has 0 bridgehead atoms. The minimum Gasteiger partial charge on any atom is -0.364 e. The molecule has 122 valence electrons. The van der Waals surface area contributed by atoms with Gasteiger partial charge in [-0.2, -0.15) is 13.2 Å². The zero-order valence-electron chi connectivity index (χ0n) is 11.6. The van der Waals surface area contributed by atoms with Crippen LogP contribution < -0.4 is 10.6 Å². The van der Waals surface area contributed by atoms with Gasteiger partial charge in [0.05, 0.1) is 11.3 Å². The Morgan fingerprint density at radius 2 is 1.70 bits per heavy atom. The molecule has 2 rings (SSSR count). The van der Waals surface area contributed by atoms with Gasteiger partial charge in [-0.15, -0.1) is 0 Å². The van der Waals surface area contributed by atoms with Crippen LogP contribution in [0.5, 0.6) is 0 Å². The van der Waals surface area contributed by atoms with Crippen molar-refractivity contribution in [2.75, 3.05) is 10.6 Å². The minimum atomic E-state index is -4.51. The molecule has 0 unspecified atom stereocenters. The van der Waals surface area contributed by atoms with Gasteiger partial charge >= 0.3 is 12.2 Å². The third kappa shape index (κ3) is 4.44. The fraction of sp³-hybridized carbons (Fsp3) is 0.133. The van der Waals surface area contributed by atoms with Crippen molar-refractivity contribution in [1.82, 2.24) is 0 Å². The van der Waals surface area contributed by atoms with Gasteiger partial charge in [0.25, 0.3) is 0 Å². The lowest BCUT2D eigenvalue weighted by atomic mass is 10.1. The predicted molar refractivity (Wildman–Crippen MR) is 77.7 cm³/mol. The molecule has 2 aromatic rings. The predicted octanol–water partition coefficient (Wildman–Crippen LogP) is 3.33. The van der Waals surface area contributed by atoms with Gasteiger partial charge in [0.15, 0.2) is 6.29 Å². The van der Waals surface area contributed by atoms with Gasteiger partial charge in [-0.3, -0.25) is 0 Å². The highest BCUT2D eigenvalue weighted by atomic mass is 19.4. The van der Waals surface area contributed by atoms with Gasteiger partial charge < -0.3 is 20.8 Å². The van der Waals surface area contributed by atoms with Crippen molar-refractivity contribution in [2.24, 2.45) is 0 Å². The van der Waals surface area contributed by atoms with Crippen molar-refractivity contribution >= 4 is 17.4 Å². The molecule has 0 saturated heterocycles. The van der Waals surface area contributed by atoms with Crippen LogP contribution in [-0.2, 0) is 6.18 Å². The van der Waals surface area contributed by atoms with Gasteiger partial charge in [0.1, 0.15) is 0 Å². The van der Waals surface area contributed by atoms with Crippen LogP contribution in [0.25, 0.3) is 0 Å². The Morgan fingerprint density at radius 1 is 1.00 bits per heavy atom. The van der Waals surface area contributed by atoms with E-state index in [0.717, 1.165) is 12.1 Å². The Labute approximate surface area is 129 Å². The molecule has 5 nitrogen and oxygen atoms in total. The highest BCUT2D eigenvalue weighted by Crippen LogP contribution is 2.30. The standard InChI is InChI=1S/C15H13F3N2O3/c16-15(17,18)9-4-3-5-10(8-9)19-14(23)20-12-7-2-1-6-11(12)13(21)22/h1-8,13,21-22H,(H2,19,20,23). The summed E-state index contributed by atoms with van der Waals surface area (Å²) >= 11 is 0. The zero-order valence-corrected chi connectivity index (χ0v) is 11.6. The number of benzene rings is 2. The van der Waals surface area contributed by atoms with Crippen LogP contribution in [0, 0.1) is 0 Å². The molecule has 2 aromatic carbocycles. The Hall–Kier alpha value is -2.58. The van der Waals surface area contributed by atoms with Crippen LogP contribution in [0.3, 0.4) is 0 Å². The summed E-state index contributed by atoms with van der Waals surface area (Å²) in [5.74, 6) is 0. The van der Waals surface area contributed by atoms with E-state index in [9.17, 15) is 28.2 Å². The normalized spacial score (nSPS) is 11.4. The first-order chi connectivity index (χ1) is 10.8. The fourth-order valence-corrected chi connectivity index (χ4v) is 1.89. The number of nitrogens with one attached hydrogen (secondary N) is 2. The number of hydrogen-bond acceptors (Lipinski definition) is 3. The van der Waals surface area contributed by atoms with E-state index in [1.165, 1.54) is 24.3 Å². The second-order valence-corrected chi connectivity index (χ2v) is 4.62. The number of urea groups is 1. The molecule has 0 aromatic heterocycles. The summed E-state index contributed by atoms with van der Waals surface area (Å²) in [6, 6.07) is 9.29. The van der Waals surface area contributed by atoms with Crippen LogP contribution >= 0.6 is 0 Å². The second-order valence-electron chi connectivity index (χ2n) is 4.62. The molecule has 0 spiro atoms. The molecule has 23 heavy (non-hydrogen) atoms. The van der Waals surface area contributed by atoms with E-state index in [-0.39, 0.29) is 16.9 Å². The van der Waals surface area contributed by atoms with E-state index in [2.05, 4.69) is 10.6 Å². The quantitative estimate of drug-likeness (QED) is 0.653. The number of aliphatic hydroxyl groups is 2. The number of amides is 2. The molecule has 0 fully saturated rings. The maximum absolute atomic E-state index is 12.6. The van der Waals surface area contributed by atoms with Crippen molar-refractivity contribution in [3.8, 4) is 0 Å². The van der Waals surface area contributed by atoms with E-state index >= 15 is 0 Å². The van der Waals surface area contributed by atoms with Gasteiger partial charge in [0.2, 0.25) is 0 Å². The van der Waals surface area contributed by atoms with E-state index < -0.39 is 24.1 Å². The number of carbonyl (C=O) groups excluding carboxylic acids is 1. The number of halogens is 3. The lowest BCUT2D eigenvalue weighted by Crippen LogP contribution is -2.21. The monoisotopic (exact) mass is 326 g/mol. The number of anilines is 2. The van der Waals surface area contributed by atoms with E-state index in [1.807, 2.05) is 0 Å². The summed E-state index contributed by atoms with van der Waals surface area (Å²) in [5.41, 5.74) is -0.737. The second kappa shape index (κ2) is 6.67.